The van der Waals surface area contributed by atoms with Gasteiger partial charge in [-0.25, -0.2) is 0 Å². The van der Waals surface area contributed by atoms with Crippen LogP contribution in [0.25, 0.3) is 0 Å². The lowest BCUT2D eigenvalue weighted by Crippen LogP contribution is -2.46. The summed E-state index contributed by atoms with van der Waals surface area (Å²) in [6.45, 7) is 10.4. The highest BCUT2D eigenvalue weighted by atomic mass is 15.1. The summed E-state index contributed by atoms with van der Waals surface area (Å²) in [4.78, 5) is 2.70. The molecule has 1 N–H and O–H groups in total. The first kappa shape index (κ1) is 16.5. The highest BCUT2D eigenvalue weighted by Crippen LogP contribution is 2.25. The van der Waals surface area contributed by atoms with Crippen LogP contribution in [-0.4, -0.2) is 37.6 Å². The molecule has 0 aromatic heterocycles. The molecular formula is C19H32N2. The molecule has 0 aliphatic carbocycles. The Hall–Kier alpha value is -0.860. The van der Waals surface area contributed by atoms with Crippen LogP contribution in [0.15, 0.2) is 30.3 Å². The zero-order chi connectivity index (χ0) is 15.0. The van der Waals surface area contributed by atoms with Crippen molar-refractivity contribution in [1.82, 2.24) is 10.2 Å². The fourth-order valence-electron chi connectivity index (χ4n) is 3.46. The first-order valence-electron chi connectivity index (χ1n) is 8.73. The third-order valence-corrected chi connectivity index (χ3v) is 4.76. The van der Waals surface area contributed by atoms with Crippen molar-refractivity contribution < 1.29 is 0 Å². The van der Waals surface area contributed by atoms with Crippen molar-refractivity contribution >= 4 is 0 Å². The van der Waals surface area contributed by atoms with E-state index in [2.05, 4.69) is 54.4 Å². The van der Waals surface area contributed by atoms with Gasteiger partial charge in [0, 0.05) is 18.5 Å². The third kappa shape index (κ3) is 5.12. The van der Waals surface area contributed by atoms with Crippen molar-refractivity contribution in [3.63, 3.8) is 0 Å². The van der Waals surface area contributed by atoms with Gasteiger partial charge >= 0.3 is 0 Å². The summed E-state index contributed by atoms with van der Waals surface area (Å²) in [7, 11) is 0. The van der Waals surface area contributed by atoms with Crippen molar-refractivity contribution in [2.75, 3.05) is 32.7 Å². The van der Waals surface area contributed by atoms with Crippen molar-refractivity contribution in [2.24, 2.45) is 0 Å². The summed E-state index contributed by atoms with van der Waals surface area (Å²) in [5.41, 5.74) is 1.67. The fourth-order valence-corrected chi connectivity index (χ4v) is 3.46. The number of benzene rings is 1. The van der Waals surface area contributed by atoms with E-state index in [1.807, 2.05) is 0 Å². The molecule has 2 rings (SSSR count). The molecule has 1 aliphatic rings. The Morgan fingerprint density at radius 3 is 2.24 bits per heavy atom. The summed E-state index contributed by atoms with van der Waals surface area (Å²) in [5.74, 6) is 0. The lowest BCUT2D eigenvalue weighted by molar-refractivity contribution is 0.195. The van der Waals surface area contributed by atoms with Gasteiger partial charge in [-0.15, -0.1) is 0 Å². The summed E-state index contributed by atoms with van der Waals surface area (Å²) in [6, 6.07) is 11.1. The number of nitrogens with one attached hydrogen (secondary N) is 1. The summed E-state index contributed by atoms with van der Waals surface area (Å²) < 4.78 is 0. The molecule has 1 fully saturated rings. The normalized spacial score (nSPS) is 20.5. The van der Waals surface area contributed by atoms with E-state index in [0.717, 1.165) is 13.1 Å². The first-order valence-corrected chi connectivity index (χ1v) is 8.73. The number of rotatable bonds is 6. The Balaban J connectivity index is 2.07. The molecular weight excluding hydrogens is 256 g/mol. The quantitative estimate of drug-likeness (QED) is 0.856. The van der Waals surface area contributed by atoms with Gasteiger partial charge in [0.2, 0.25) is 0 Å². The van der Waals surface area contributed by atoms with Gasteiger partial charge in [-0.1, -0.05) is 63.4 Å². The largest absolute Gasteiger partial charge is 0.316 e. The molecule has 0 radical (unpaired) electrons. The zero-order valence-electron chi connectivity index (χ0n) is 13.9. The molecule has 1 unspecified atom stereocenters. The van der Waals surface area contributed by atoms with E-state index in [-0.39, 0.29) is 5.41 Å². The average molecular weight is 288 g/mol. The molecule has 1 aromatic rings. The summed E-state index contributed by atoms with van der Waals surface area (Å²) in [5, 5.41) is 3.58. The Morgan fingerprint density at radius 1 is 1.00 bits per heavy atom. The molecule has 0 spiro atoms. The molecule has 1 atom stereocenters. The van der Waals surface area contributed by atoms with Crippen LogP contribution in [0.2, 0.25) is 0 Å². The average Bonchev–Trinajstić information content (AvgIpc) is 2.49. The Morgan fingerprint density at radius 2 is 1.62 bits per heavy atom. The lowest BCUT2D eigenvalue weighted by atomic mass is 9.81. The Bertz CT molecular complexity index is 382. The van der Waals surface area contributed by atoms with Gasteiger partial charge in [0.15, 0.2) is 0 Å². The second-order valence-corrected chi connectivity index (χ2v) is 6.75. The van der Waals surface area contributed by atoms with Gasteiger partial charge in [-0.3, -0.25) is 0 Å². The second kappa shape index (κ2) is 8.55. The molecule has 21 heavy (non-hydrogen) atoms. The highest BCUT2D eigenvalue weighted by molar-refractivity contribution is 5.25. The van der Waals surface area contributed by atoms with Gasteiger partial charge < -0.3 is 10.2 Å². The van der Waals surface area contributed by atoms with Crippen molar-refractivity contribution in [3.05, 3.63) is 35.9 Å². The molecule has 0 amide bonds. The molecule has 2 nitrogen and oxygen atoms in total. The topological polar surface area (TPSA) is 15.3 Å². The second-order valence-electron chi connectivity index (χ2n) is 6.75. The van der Waals surface area contributed by atoms with Gasteiger partial charge in [0.05, 0.1) is 0 Å². The number of hydrogen-bond acceptors (Lipinski definition) is 2. The number of hydrogen-bond donors (Lipinski definition) is 1. The smallest absolute Gasteiger partial charge is 0.0177 e. The maximum absolute atomic E-state index is 3.58. The van der Waals surface area contributed by atoms with Crippen molar-refractivity contribution in [3.8, 4) is 0 Å². The maximum atomic E-state index is 3.58. The molecule has 1 saturated heterocycles. The molecule has 118 valence electrons. The van der Waals surface area contributed by atoms with E-state index in [1.165, 1.54) is 57.3 Å². The fraction of sp³-hybridized carbons (Fsp3) is 0.684. The zero-order valence-corrected chi connectivity index (χ0v) is 13.9. The van der Waals surface area contributed by atoms with E-state index in [9.17, 15) is 0 Å². The van der Waals surface area contributed by atoms with Crippen LogP contribution in [0.3, 0.4) is 0 Å². The molecule has 0 saturated carbocycles. The molecule has 1 aliphatic heterocycles. The predicted molar refractivity (Wildman–Crippen MR) is 91.9 cm³/mol. The molecule has 1 heterocycles. The van der Waals surface area contributed by atoms with E-state index in [0.29, 0.717) is 0 Å². The SMILES string of the molecule is CCNCC(C)(CN1CCCCCCC1)c1ccccc1. The monoisotopic (exact) mass is 288 g/mol. The predicted octanol–water partition coefficient (Wildman–Crippen LogP) is 3.82. The maximum Gasteiger partial charge on any atom is 0.0177 e. The van der Waals surface area contributed by atoms with Gasteiger partial charge in [0.25, 0.3) is 0 Å². The molecule has 0 bridgehead atoms. The minimum Gasteiger partial charge on any atom is -0.316 e. The van der Waals surface area contributed by atoms with Crippen LogP contribution in [0, 0.1) is 0 Å². The van der Waals surface area contributed by atoms with E-state index in [1.54, 1.807) is 0 Å². The van der Waals surface area contributed by atoms with E-state index in [4.69, 9.17) is 0 Å². The minimum absolute atomic E-state index is 0.205. The third-order valence-electron chi connectivity index (χ3n) is 4.76. The van der Waals surface area contributed by atoms with Crippen LogP contribution in [-0.2, 0) is 5.41 Å². The summed E-state index contributed by atoms with van der Waals surface area (Å²) >= 11 is 0. The van der Waals surface area contributed by atoms with Crippen molar-refractivity contribution in [1.29, 1.82) is 0 Å². The van der Waals surface area contributed by atoms with Gasteiger partial charge in [-0.2, -0.15) is 0 Å². The summed E-state index contributed by atoms with van der Waals surface area (Å²) in [6.07, 6.45) is 6.98. The van der Waals surface area contributed by atoms with Crippen LogP contribution < -0.4 is 5.32 Å². The first-order chi connectivity index (χ1) is 10.2. The van der Waals surface area contributed by atoms with Gasteiger partial charge in [0.1, 0.15) is 0 Å². The van der Waals surface area contributed by atoms with Crippen LogP contribution in [0.5, 0.6) is 0 Å². The number of likely N-dealkylation sites (tertiary alicyclic amines) is 1. The minimum atomic E-state index is 0.205. The Kier molecular flexibility index (Phi) is 6.72. The highest BCUT2D eigenvalue weighted by Gasteiger charge is 2.28. The Labute approximate surface area is 130 Å². The van der Waals surface area contributed by atoms with Crippen molar-refractivity contribution in [2.45, 2.75) is 51.4 Å². The number of nitrogens with zero attached hydrogens (tertiary/aromatic N) is 1. The van der Waals surface area contributed by atoms with Crippen LogP contribution in [0.4, 0.5) is 0 Å². The van der Waals surface area contributed by atoms with Crippen LogP contribution in [0.1, 0.15) is 51.5 Å². The molecule has 1 aromatic carbocycles. The van der Waals surface area contributed by atoms with E-state index >= 15 is 0 Å². The lowest BCUT2D eigenvalue weighted by Gasteiger charge is -2.37. The van der Waals surface area contributed by atoms with Crippen LogP contribution >= 0.6 is 0 Å². The molecule has 2 heteroatoms. The standard InChI is InChI=1S/C19H32N2/c1-3-20-16-19(2,18-12-8-7-9-13-18)17-21-14-10-5-4-6-11-15-21/h7-9,12-13,20H,3-6,10-11,14-17H2,1-2H3. The van der Waals surface area contributed by atoms with Gasteiger partial charge in [-0.05, 0) is 38.0 Å². The number of likely N-dealkylation sites (N-methyl/N-ethyl adjacent to an activating group) is 1. The van der Waals surface area contributed by atoms with E-state index < -0.39 is 0 Å².